The van der Waals surface area contributed by atoms with Crippen molar-refractivity contribution >= 4 is 85.8 Å². The number of aromatic nitrogens is 3. The van der Waals surface area contributed by atoms with Crippen molar-refractivity contribution in [3.8, 4) is 28.3 Å². The van der Waals surface area contributed by atoms with Crippen LogP contribution in [-0.2, 0) is 0 Å². The first-order valence-electron chi connectivity index (χ1n) is 16.9. The third-order valence-corrected chi connectivity index (χ3v) is 11.3. The minimum Gasteiger partial charge on any atom is -0.278 e. The molecule has 8 aromatic carbocycles. The van der Waals surface area contributed by atoms with Gasteiger partial charge in [-0.2, -0.15) is 0 Å². The van der Waals surface area contributed by atoms with Gasteiger partial charge in [0.15, 0.2) is 0 Å². The summed E-state index contributed by atoms with van der Waals surface area (Å²) < 4.78 is 4.89. The highest BCUT2D eigenvalue weighted by atomic mass is 32.1. The van der Waals surface area contributed by atoms with Crippen molar-refractivity contribution in [3.05, 3.63) is 164 Å². The Morgan fingerprint density at radius 3 is 1.98 bits per heavy atom. The minimum atomic E-state index is 0.670. The zero-order chi connectivity index (χ0) is 32.8. The van der Waals surface area contributed by atoms with Crippen LogP contribution in [0.2, 0.25) is 0 Å². The Hall–Kier alpha value is -6.36. The Kier molecular flexibility index (Phi) is 5.83. The van der Waals surface area contributed by atoms with Crippen LogP contribution < -0.4 is 0 Å². The second kappa shape index (κ2) is 10.6. The summed E-state index contributed by atoms with van der Waals surface area (Å²) in [7, 11) is 0. The van der Waals surface area contributed by atoms with E-state index in [1.807, 2.05) is 11.3 Å². The van der Waals surface area contributed by atoms with Crippen molar-refractivity contribution in [2.75, 3.05) is 0 Å². The lowest BCUT2D eigenvalue weighted by atomic mass is 9.99. The van der Waals surface area contributed by atoms with E-state index in [1.165, 1.54) is 52.8 Å². The number of hydrogen-bond acceptors (Lipinski definition) is 3. The van der Waals surface area contributed by atoms with Crippen molar-refractivity contribution in [2.45, 2.75) is 0 Å². The molecule has 11 aromatic rings. The van der Waals surface area contributed by atoms with Gasteiger partial charge < -0.3 is 0 Å². The van der Waals surface area contributed by atoms with Gasteiger partial charge in [-0.05, 0) is 63.7 Å². The molecule has 11 rings (SSSR count). The van der Waals surface area contributed by atoms with Crippen LogP contribution in [-0.4, -0.2) is 14.5 Å². The number of thiophene rings is 1. The lowest BCUT2D eigenvalue weighted by Gasteiger charge is -2.14. The Bertz CT molecular complexity index is 3140. The van der Waals surface area contributed by atoms with Crippen LogP contribution in [0.5, 0.6) is 0 Å². The van der Waals surface area contributed by atoms with Crippen molar-refractivity contribution in [3.63, 3.8) is 0 Å². The summed E-state index contributed by atoms with van der Waals surface area (Å²) in [6, 6.07) is 58.9. The number of nitrogens with zero attached hydrogens (tertiary/aromatic N) is 3. The molecule has 3 aromatic heterocycles. The molecular formula is C46H27N3S. The molecule has 0 fully saturated rings. The maximum Gasteiger partial charge on any atom is 0.235 e. The first kappa shape index (κ1) is 27.6. The van der Waals surface area contributed by atoms with Crippen LogP contribution in [0.3, 0.4) is 0 Å². The van der Waals surface area contributed by atoms with E-state index in [4.69, 9.17) is 9.97 Å². The summed E-state index contributed by atoms with van der Waals surface area (Å²) in [6.07, 6.45) is 0. The Balaban J connectivity index is 1.24. The Labute approximate surface area is 291 Å². The molecule has 3 nitrogen and oxygen atoms in total. The third kappa shape index (κ3) is 4.03. The highest BCUT2D eigenvalue weighted by Crippen LogP contribution is 2.42. The van der Waals surface area contributed by atoms with Gasteiger partial charge in [-0.25, -0.2) is 9.97 Å². The molecular weight excluding hydrogens is 627 g/mol. The fraction of sp³-hybridized carbons (Fsp3) is 0. The van der Waals surface area contributed by atoms with Gasteiger partial charge in [0.25, 0.3) is 0 Å². The van der Waals surface area contributed by atoms with Gasteiger partial charge in [0.1, 0.15) is 0 Å². The van der Waals surface area contributed by atoms with Crippen LogP contribution >= 0.6 is 11.3 Å². The number of hydrogen-bond donors (Lipinski definition) is 0. The predicted octanol–water partition coefficient (Wildman–Crippen LogP) is 12.7. The standard InChI is InChI=1S/C46H27N3S/c1-2-10-28(11-3-1)29-18-20-31(21-19-29)44-36-24-22-30-12-4-5-13-33(30)45(36)48-46(47-44)49-39-16-8-6-14-34(39)38-26-32-23-25-42-43(37(32)27-40(38)49)35-15-7-9-17-41(35)50-42/h1-27H. The fourth-order valence-corrected chi connectivity index (χ4v) is 8.97. The zero-order valence-electron chi connectivity index (χ0n) is 26.8. The molecule has 0 amide bonds. The van der Waals surface area contributed by atoms with E-state index < -0.39 is 0 Å². The third-order valence-electron chi connectivity index (χ3n) is 10.2. The zero-order valence-corrected chi connectivity index (χ0v) is 27.7. The summed E-state index contributed by atoms with van der Waals surface area (Å²) in [5.74, 6) is 0.670. The monoisotopic (exact) mass is 653 g/mol. The van der Waals surface area contributed by atoms with E-state index in [2.05, 4.69) is 168 Å². The van der Waals surface area contributed by atoms with Gasteiger partial charge >= 0.3 is 0 Å². The van der Waals surface area contributed by atoms with Crippen LogP contribution in [0.15, 0.2) is 164 Å². The van der Waals surface area contributed by atoms with Gasteiger partial charge in [-0.15, -0.1) is 11.3 Å². The van der Waals surface area contributed by atoms with E-state index in [0.29, 0.717) is 5.95 Å². The Morgan fingerprint density at radius 1 is 0.400 bits per heavy atom. The van der Waals surface area contributed by atoms with Crippen LogP contribution in [0.1, 0.15) is 0 Å². The predicted molar refractivity (Wildman–Crippen MR) is 213 cm³/mol. The average Bonchev–Trinajstić information content (AvgIpc) is 3.73. The highest BCUT2D eigenvalue weighted by Gasteiger charge is 2.20. The molecule has 0 spiro atoms. The number of benzene rings is 8. The molecule has 4 heteroatoms. The number of rotatable bonds is 3. The second-order valence-electron chi connectivity index (χ2n) is 13.0. The summed E-state index contributed by atoms with van der Waals surface area (Å²) in [5.41, 5.74) is 7.51. The lowest BCUT2D eigenvalue weighted by Crippen LogP contribution is -2.04. The highest BCUT2D eigenvalue weighted by molar-refractivity contribution is 7.26. The molecule has 0 bridgehead atoms. The summed E-state index contributed by atoms with van der Waals surface area (Å²) in [6.45, 7) is 0. The lowest BCUT2D eigenvalue weighted by molar-refractivity contribution is 1.02. The molecule has 0 saturated carbocycles. The molecule has 50 heavy (non-hydrogen) atoms. The molecule has 0 aliphatic rings. The molecule has 0 saturated heterocycles. The quantitative estimate of drug-likeness (QED) is 0.178. The first-order valence-corrected chi connectivity index (χ1v) is 17.7. The van der Waals surface area contributed by atoms with Gasteiger partial charge in [-0.3, -0.25) is 4.57 Å². The summed E-state index contributed by atoms with van der Waals surface area (Å²) in [5, 5.41) is 10.8. The Morgan fingerprint density at radius 2 is 1.10 bits per heavy atom. The molecule has 0 aliphatic heterocycles. The second-order valence-corrected chi connectivity index (χ2v) is 14.1. The summed E-state index contributed by atoms with van der Waals surface area (Å²) in [4.78, 5) is 10.9. The van der Waals surface area contributed by atoms with Gasteiger partial charge in [0.05, 0.1) is 22.2 Å². The van der Waals surface area contributed by atoms with Crippen LogP contribution in [0.4, 0.5) is 0 Å². The molecule has 0 aliphatic carbocycles. The van der Waals surface area contributed by atoms with Crippen LogP contribution in [0, 0.1) is 0 Å². The first-order chi connectivity index (χ1) is 24.8. The van der Waals surface area contributed by atoms with E-state index >= 15 is 0 Å². The van der Waals surface area contributed by atoms with E-state index in [-0.39, 0.29) is 0 Å². The normalized spacial score (nSPS) is 12.0. The molecule has 0 radical (unpaired) electrons. The smallest absolute Gasteiger partial charge is 0.235 e. The van der Waals surface area contributed by atoms with E-state index in [1.54, 1.807) is 0 Å². The van der Waals surface area contributed by atoms with Crippen molar-refractivity contribution < 1.29 is 0 Å². The molecule has 232 valence electrons. The van der Waals surface area contributed by atoms with E-state index in [0.717, 1.165) is 44.0 Å². The minimum absolute atomic E-state index is 0.670. The van der Waals surface area contributed by atoms with Crippen molar-refractivity contribution in [1.82, 2.24) is 14.5 Å². The van der Waals surface area contributed by atoms with Crippen molar-refractivity contribution in [2.24, 2.45) is 0 Å². The maximum atomic E-state index is 5.46. The summed E-state index contributed by atoms with van der Waals surface area (Å²) >= 11 is 1.86. The van der Waals surface area contributed by atoms with Gasteiger partial charge in [-0.1, -0.05) is 127 Å². The SMILES string of the molecule is c1ccc(-c2ccc(-c3nc(-n4c5ccccc5c5cc6ccc7sc8ccccc8c7c6cc54)nc4c3ccc3ccccc34)cc2)cc1. The number of fused-ring (bicyclic) bond motifs is 11. The molecule has 0 unspecified atom stereocenters. The number of para-hydroxylation sites is 1. The average molecular weight is 654 g/mol. The van der Waals surface area contributed by atoms with Crippen molar-refractivity contribution in [1.29, 1.82) is 0 Å². The topological polar surface area (TPSA) is 30.7 Å². The van der Waals surface area contributed by atoms with Gasteiger partial charge in [0.2, 0.25) is 5.95 Å². The van der Waals surface area contributed by atoms with Crippen LogP contribution in [0.25, 0.3) is 103 Å². The molecule has 3 heterocycles. The van der Waals surface area contributed by atoms with Gasteiger partial charge in [0, 0.05) is 47.3 Å². The van der Waals surface area contributed by atoms with E-state index in [9.17, 15) is 0 Å². The molecule has 0 N–H and O–H groups in total. The fourth-order valence-electron chi connectivity index (χ4n) is 7.85. The largest absolute Gasteiger partial charge is 0.278 e. The maximum absolute atomic E-state index is 5.46. The molecule has 0 atom stereocenters.